The minimum atomic E-state index is 0.672. The van der Waals surface area contributed by atoms with Gasteiger partial charge >= 0.3 is 0 Å². The molecule has 0 saturated heterocycles. The fourth-order valence-electron chi connectivity index (χ4n) is 7.17. The Bertz CT molecular complexity index is 2590. The SMILES string of the molecule is CCC1=Cc2c(ccc3c2ccc2ccccc23)C=C(c2nc(-c3ccccc3)nc(-c3ccc(-c4cccc5ccccc45)cc3)n2)C1. The molecule has 0 aliphatic heterocycles. The smallest absolute Gasteiger partial charge is 0.164 e. The lowest BCUT2D eigenvalue weighted by molar-refractivity contribution is 0.999. The third-order valence-electron chi connectivity index (χ3n) is 9.75. The van der Waals surface area contributed by atoms with Crippen LogP contribution in [-0.2, 0) is 0 Å². The lowest BCUT2D eigenvalue weighted by Crippen LogP contribution is -2.03. The molecule has 3 nitrogen and oxygen atoms in total. The van der Waals surface area contributed by atoms with Crippen LogP contribution in [-0.4, -0.2) is 15.0 Å². The topological polar surface area (TPSA) is 38.7 Å². The average Bonchev–Trinajstić information content (AvgIpc) is 3.38. The fourth-order valence-corrected chi connectivity index (χ4v) is 7.17. The van der Waals surface area contributed by atoms with Crippen molar-refractivity contribution in [3.63, 3.8) is 0 Å². The molecule has 8 aromatic rings. The Morgan fingerprint density at radius 2 is 1.06 bits per heavy atom. The Morgan fingerprint density at radius 1 is 0.449 bits per heavy atom. The van der Waals surface area contributed by atoms with E-state index in [0.717, 1.165) is 29.5 Å². The maximum atomic E-state index is 5.17. The number of allylic oxidation sites excluding steroid dienone is 2. The molecule has 3 heteroatoms. The maximum Gasteiger partial charge on any atom is 0.164 e. The van der Waals surface area contributed by atoms with Gasteiger partial charge in [-0.25, -0.2) is 15.0 Å². The van der Waals surface area contributed by atoms with Gasteiger partial charge in [0.2, 0.25) is 0 Å². The Hall–Kier alpha value is -6.19. The van der Waals surface area contributed by atoms with Gasteiger partial charge in [-0.3, -0.25) is 0 Å². The first-order valence-electron chi connectivity index (χ1n) is 17.0. The van der Waals surface area contributed by atoms with Crippen LogP contribution >= 0.6 is 0 Å². The molecule has 0 radical (unpaired) electrons. The van der Waals surface area contributed by atoms with Gasteiger partial charge in [-0.1, -0.05) is 164 Å². The van der Waals surface area contributed by atoms with Gasteiger partial charge in [-0.2, -0.15) is 0 Å². The summed E-state index contributed by atoms with van der Waals surface area (Å²) >= 11 is 0. The van der Waals surface area contributed by atoms with Crippen molar-refractivity contribution in [2.45, 2.75) is 19.8 Å². The number of nitrogens with zero attached hydrogens (tertiary/aromatic N) is 3. The molecule has 9 rings (SSSR count). The quantitative estimate of drug-likeness (QED) is 0.178. The van der Waals surface area contributed by atoms with Crippen LogP contribution in [0.3, 0.4) is 0 Å². The second-order valence-electron chi connectivity index (χ2n) is 12.7. The van der Waals surface area contributed by atoms with Crippen LogP contribution in [0.1, 0.15) is 36.7 Å². The van der Waals surface area contributed by atoms with Crippen molar-refractivity contribution in [2.24, 2.45) is 0 Å². The Balaban J connectivity index is 1.18. The fraction of sp³-hybridized carbons (Fsp3) is 0.0652. The van der Waals surface area contributed by atoms with E-state index in [1.807, 2.05) is 18.2 Å². The first-order valence-corrected chi connectivity index (χ1v) is 17.0. The van der Waals surface area contributed by atoms with E-state index in [1.54, 1.807) is 0 Å². The van der Waals surface area contributed by atoms with Crippen LogP contribution in [0, 0.1) is 0 Å². The first kappa shape index (κ1) is 29.0. The van der Waals surface area contributed by atoms with Gasteiger partial charge in [0.15, 0.2) is 17.5 Å². The highest BCUT2D eigenvalue weighted by atomic mass is 15.0. The van der Waals surface area contributed by atoms with Gasteiger partial charge in [-0.05, 0) is 73.5 Å². The lowest BCUT2D eigenvalue weighted by Gasteiger charge is -2.12. The highest BCUT2D eigenvalue weighted by Gasteiger charge is 2.19. The summed E-state index contributed by atoms with van der Waals surface area (Å²) in [5.74, 6) is 2.06. The molecule has 1 aliphatic carbocycles. The van der Waals surface area contributed by atoms with Crippen LogP contribution in [0.2, 0.25) is 0 Å². The lowest BCUT2D eigenvalue weighted by atomic mass is 9.94. The maximum absolute atomic E-state index is 5.17. The minimum absolute atomic E-state index is 0.672. The molecular formula is C46H33N3. The molecule has 0 atom stereocenters. The predicted molar refractivity (Wildman–Crippen MR) is 206 cm³/mol. The summed E-state index contributed by atoms with van der Waals surface area (Å²) in [6, 6.07) is 51.5. The molecule has 1 heterocycles. The summed E-state index contributed by atoms with van der Waals surface area (Å²) in [4.78, 5) is 15.3. The monoisotopic (exact) mass is 627 g/mol. The van der Waals surface area contributed by atoms with Crippen LogP contribution in [0.4, 0.5) is 0 Å². The Labute approximate surface area is 286 Å². The zero-order chi connectivity index (χ0) is 32.7. The van der Waals surface area contributed by atoms with E-state index in [0.29, 0.717) is 17.5 Å². The number of hydrogen-bond acceptors (Lipinski definition) is 3. The van der Waals surface area contributed by atoms with Gasteiger partial charge in [0.05, 0.1) is 0 Å². The third-order valence-corrected chi connectivity index (χ3v) is 9.75. The molecular weight excluding hydrogens is 595 g/mol. The van der Waals surface area contributed by atoms with E-state index >= 15 is 0 Å². The van der Waals surface area contributed by atoms with Gasteiger partial charge in [0, 0.05) is 16.7 Å². The molecule has 0 unspecified atom stereocenters. The van der Waals surface area contributed by atoms with Gasteiger partial charge in [0.1, 0.15) is 0 Å². The van der Waals surface area contributed by atoms with Crippen molar-refractivity contribution in [3.8, 4) is 33.9 Å². The average molecular weight is 628 g/mol. The molecule has 0 fully saturated rings. The van der Waals surface area contributed by atoms with Crippen LogP contribution < -0.4 is 0 Å². The van der Waals surface area contributed by atoms with Crippen molar-refractivity contribution in [2.75, 3.05) is 0 Å². The molecule has 7 aromatic carbocycles. The highest BCUT2D eigenvalue weighted by molar-refractivity contribution is 6.11. The van der Waals surface area contributed by atoms with Crippen molar-refractivity contribution in [1.29, 1.82) is 0 Å². The summed E-state index contributed by atoms with van der Waals surface area (Å²) in [5, 5.41) is 7.57. The van der Waals surface area contributed by atoms with E-state index in [1.165, 1.54) is 60.1 Å². The van der Waals surface area contributed by atoms with Crippen LogP contribution in [0.25, 0.3) is 83.9 Å². The molecule has 1 aromatic heterocycles. The number of hydrogen-bond donors (Lipinski definition) is 0. The van der Waals surface area contributed by atoms with Gasteiger partial charge < -0.3 is 0 Å². The standard InChI is InChI=1S/C46H33N3/c1-2-30-27-37(29-36-24-26-41-40-17-9-7-12-32(40)23-25-42(41)43(36)28-30)46-48-44(34-13-4-3-5-14-34)47-45(49-46)35-21-19-33(20-22-35)39-18-10-15-31-11-6-8-16-38(31)39/h3-26,28-29H,2,27H2,1H3. The van der Waals surface area contributed by atoms with E-state index < -0.39 is 0 Å². The summed E-state index contributed by atoms with van der Waals surface area (Å²) < 4.78 is 0. The molecule has 0 saturated carbocycles. The summed E-state index contributed by atoms with van der Waals surface area (Å²) in [6.45, 7) is 2.24. The molecule has 1 aliphatic rings. The predicted octanol–water partition coefficient (Wildman–Crippen LogP) is 12.1. The van der Waals surface area contributed by atoms with Crippen molar-refractivity contribution in [1.82, 2.24) is 15.0 Å². The summed E-state index contributed by atoms with van der Waals surface area (Å²) in [7, 11) is 0. The zero-order valence-electron chi connectivity index (χ0n) is 27.3. The molecule has 0 spiro atoms. The van der Waals surface area contributed by atoms with Gasteiger partial charge in [-0.15, -0.1) is 0 Å². The second-order valence-corrected chi connectivity index (χ2v) is 12.7. The minimum Gasteiger partial charge on any atom is -0.209 e. The Morgan fingerprint density at radius 3 is 1.84 bits per heavy atom. The number of rotatable bonds is 5. The highest BCUT2D eigenvalue weighted by Crippen LogP contribution is 2.38. The molecule has 0 bridgehead atoms. The van der Waals surface area contributed by atoms with E-state index in [9.17, 15) is 0 Å². The molecule has 49 heavy (non-hydrogen) atoms. The first-order chi connectivity index (χ1) is 24.2. The summed E-state index contributed by atoms with van der Waals surface area (Å²) in [6.07, 6.45) is 6.40. The largest absolute Gasteiger partial charge is 0.209 e. The van der Waals surface area contributed by atoms with E-state index in [4.69, 9.17) is 15.0 Å². The van der Waals surface area contributed by atoms with Crippen LogP contribution in [0.15, 0.2) is 151 Å². The van der Waals surface area contributed by atoms with Gasteiger partial charge in [0.25, 0.3) is 0 Å². The Kier molecular flexibility index (Phi) is 7.17. The molecule has 0 N–H and O–H groups in total. The zero-order valence-corrected chi connectivity index (χ0v) is 27.3. The van der Waals surface area contributed by atoms with E-state index in [-0.39, 0.29) is 0 Å². The third kappa shape index (κ3) is 5.30. The molecule has 0 amide bonds. The van der Waals surface area contributed by atoms with Crippen molar-refractivity contribution < 1.29 is 0 Å². The number of aromatic nitrogens is 3. The number of fused-ring (bicyclic) bond motifs is 6. The van der Waals surface area contributed by atoms with Crippen molar-refractivity contribution >= 4 is 50.0 Å². The van der Waals surface area contributed by atoms with Crippen LogP contribution in [0.5, 0.6) is 0 Å². The summed E-state index contributed by atoms with van der Waals surface area (Å²) in [5.41, 5.74) is 9.21. The molecule has 232 valence electrons. The van der Waals surface area contributed by atoms with Crippen molar-refractivity contribution in [3.05, 3.63) is 168 Å². The normalized spacial score (nSPS) is 12.8. The van der Waals surface area contributed by atoms with E-state index in [2.05, 4.69) is 146 Å². The number of benzene rings is 7. The second kappa shape index (κ2) is 12.1.